The molecule has 38 heavy (non-hydrogen) atoms. The molecule has 0 saturated heterocycles. The van der Waals surface area contributed by atoms with E-state index in [-0.39, 0.29) is 0 Å². The number of carbonyl (C=O) groups excluding carboxylic acids is 2. The van der Waals surface area contributed by atoms with E-state index in [1.54, 1.807) is 30.6 Å². The largest absolute Gasteiger partial charge is 0.493 e. The molecule has 7 nitrogen and oxygen atoms in total. The van der Waals surface area contributed by atoms with Crippen molar-refractivity contribution in [3.05, 3.63) is 52.6 Å². The highest BCUT2D eigenvalue weighted by atomic mass is 19.4. The first-order valence-electron chi connectivity index (χ1n) is 12.3. The van der Waals surface area contributed by atoms with Crippen molar-refractivity contribution in [1.29, 1.82) is 0 Å². The smallest absolute Gasteiger partial charge is 0.471 e. The van der Waals surface area contributed by atoms with E-state index >= 15 is 0 Å². The van der Waals surface area contributed by atoms with Crippen molar-refractivity contribution in [2.45, 2.75) is 77.2 Å². The van der Waals surface area contributed by atoms with Crippen molar-refractivity contribution < 1.29 is 32.2 Å². The Kier molecular flexibility index (Phi) is 6.53. The normalized spacial score (nSPS) is 17.5. The van der Waals surface area contributed by atoms with Crippen molar-refractivity contribution in [2.24, 2.45) is 4.99 Å². The number of nitrogens with one attached hydrogen (secondary N) is 2. The van der Waals surface area contributed by atoms with Crippen molar-refractivity contribution in [2.75, 3.05) is 12.4 Å². The molecular formula is C28H32F3N3O4. The van der Waals surface area contributed by atoms with Gasteiger partial charge in [-0.25, -0.2) is 0 Å². The molecule has 2 N–H and O–H groups in total. The van der Waals surface area contributed by atoms with Crippen LogP contribution in [0.1, 0.15) is 63.8 Å². The maximum atomic E-state index is 12.8. The molecule has 2 heterocycles. The highest BCUT2D eigenvalue weighted by molar-refractivity contribution is 6.16. The first kappa shape index (κ1) is 27.5. The number of benzene rings is 2. The lowest BCUT2D eigenvalue weighted by Crippen LogP contribution is -2.55. The van der Waals surface area contributed by atoms with Gasteiger partial charge in [-0.05, 0) is 71.7 Å². The van der Waals surface area contributed by atoms with Crippen LogP contribution in [0, 0.1) is 0 Å². The second-order valence-electron chi connectivity index (χ2n) is 11.5. The van der Waals surface area contributed by atoms with Crippen LogP contribution in [0.4, 0.5) is 18.9 Å². The Labute approximate surface area is 219 Å². The first-order chi connectivity index (χ1) is 17.4. The van der Waals surface area contributed by atoms with E-state index < -0.39 is 34.7 Å². The molecule has 0 fully saturated rings. The molecule has 4 rings (SSSR count). The predicted octanol–water partition coefficient (Wildman–Crippen LogP) is 4.98. The third-order valence-electron chi connectivity index (χ3n) is 6.55. The molecule has 0 aliphatic carbocycles. The van der Waals surface area contributed by atoms with E-state index in [2.05, 4.69) is 5.32 Å². The van der Waals surface area contributed by atoms with Crippen LogP contribution in [0.3, 0.4) is 0 Å². The molecule has 204 valence electrons. The van der Waals surface area contributed by atoms with E-state index in [9.17, 15) is 22.8 Å². The summed E-state index contributed by atoms with van der Waals surface area (Å²) >= 11 is 0. The molecule has 10 heteroatoms. The number of methoxy groups -OCH3 is 1. The summed E-state index contributed by atoms with van der Waals surface area (Å²) in [5, 5.41) is 4.37. The molecule has 0 atom stereocenters. The fraction of sp³-hybridized carbons (Fsp3) is 0.464. The number of amides is 2. The summed E-state index contributed by atoms with van der Waals surface area (Å²) in [6, 6.07) is 8.95. The van der Waals surface area contributed by atoms with Crippen molar-refractivity contribution in [3.63, 3.8) is 0 Å². The number of halogens is 3. The molecule has 0 unspecified atom stereocenters. The average molecular weight is 532 g/mol. The Balaban J connectivity index is 1.72. The number of fused-ring (bicyclic) bond motifs is 3. The number of carbonyl (C=O) groups is 2. The van der Waals surface area contributed by atoms with Crippen LogP contribution >= 0.6 is 0 Å². The molecule has 2 aromatic rings. The van der Waals surface area contributed by atoms with Crippen LogP contribution < -0.4 is 20.1 Å². The number of hydrogen-bond acceptors (Lipinski definition) is 5. The quantitative estimate of drug-likeness (QED) is 0.570. The molecule has 2 aromatic carbocycles. The lowest BCUT2D eigenvalue weighted by molar-refractivity contribution is -0.175. The molecule has 0 spiro atoms. The number of nitrogens with zero attached hydrogens (tertiary/aromatic N) is 1. The second kappa shape index (κ2) is 9.03. The summed E-state index contributed by atoms with van der Waals surface area (Å²) in [6.45, 7) is 10.5. The third-order valence-corrected chi connectivity index (χ3v) is 6.55. The minimum Gasteiger partial charge on any atom is -0.493 e. The Bertz CT molecular complexity index is 1340. The highest BCUT2D eigenvalue weighted by Gasteiger charge is 2.43. The van der Waals surface area contributed by atoms with Crippen LogP contribution in [-0.4, -0.2) is 47.5 Å². The molecule has 2 aliphatic rings. The maximum absolute atomic E-state index is 12.8. The van der Waals surface area contributed by atoms with Crippen molar-refractivity contribution >= 4 is 23.2 Å². The Morgan fingerprint density at radius 3 is 2.37 bits per heavy atom. The first-order valence-corrected chi connectivity index (χ1v) is 12.3. The van der Waals surface area contributed by atoms with Crippen LogP contribution in [0.2, 0.25) is 0 Å². The monoisotopic (exact) mass is 531 g/mol. The lowest BCUT2D eigenvalue weighted by atomic mass is 9.81. The number of rotatable bonds is 5. The van der Waals surface area contributed by atoms with E-state index in [0.717, 1.165) is 28.0 Å². The molecule has 0 bridgehead atoms. The summed E-state index contributed by atoms with van der Waals surface area (Å²) in [4.78, 5) is 29.3. The fourth-order valence-electron chi connectivity index (χ4n) is 4.87. The number of hydrogen-bond donors (Lipinski definition) is 2. The van der Waals surface area contributed by atoms with Crippen LogP contribution in [0.15, 0.2) is 35.3 Å². The van der Waals surface area contributed by atoms with Crippen molar-refractivity contribution in [1.82, 2.24) is 5.32 Å². The molecule has 2 aliphatic heterocycles. The molecule has 0 saturated carbocycles. The Morgan fingerprint density at radius 2 is 1.74 bits per heavy atom. The number of aliphatic imine (C=N–C) groups is 1. The summed E-state index contributed by atoms with van der Waals surface area (Å²) in [6.07, 6.45) is -3.75. The summed E-state index contributed by atoms with van der Waals surface area (Å²) < 4.78 is 50.1. The van der Waals surface area contributed by atoms with Gasteiger partial charge in [-0.2, -0.15) is 13.2 Å². The minimum absolute atomic E-state index is 0.358. The average Bonchev–Trinajstić information content (AvgIpc) is 3.11. The van der Waals surface area contributed by atoms with Crippen LogP contribution in [-0.2, 0) is 22.4 Å². The van der Waals surface area contributed by atoms with E-state index in [0.29, 0.717) is 30.0 Å². The zero-order chi connectivity index (χ0) is 28.3. The lowest BCUT2D eigenvalue weighted by Gasteiger charge is -2.31. The van der Waals surface area contributed by atoms with Gasteiger partial charge in [-0.15, -0.1) is 0 Å². The van der Waals surface area contributed by atoms with Gasteiger partial charge in [0, 0.05) is 28.8 Å². The van der Waals surface area contributed by atoms with E-state index in [1.807, 2.05) is 39.8 Å². The second-order valence-corrected chi connectivity index (χ2v) is 11.5. The highest BCUT2D eigenvalue weighted by Crippen LogP contribution is 2.47. The van der Waals surface area contributed by atoms with Crippen LogP contribution in [0.25, 0.3) is 0 Å². The number of alkyl halides is 3. The minimum atomic E-state index is -5.10. The predicted molar refractivity (Wildman–Crippen MR) is 138 cm³/mol. The van der Waals surface area contributed by atoms with Gasteiger partial charge in [0.2, 0.25) is 5.91 Å². The molecule has 0 radical (unpaired) electrons. The Hall–Kier alpha value is -3.56. The molecule has 0 aromatic heterocycles. The zero-order valence-electron chi connectivity index (χ0n) is 22.5. The van der Waals surface area contributed by atoms with Gasteiger partial charge in [0.25, 0.3) is 0 Å². The van der Waals surface area contributed by atoms with Crippen LogP contribution in [0.5, 0.6) is 11.5 Å². The summed E-state index contributed by atoms with van der Waals surface area (Å²) in [5.41, 5.74) is 2.21. The number of anilines is 1. The van der Waals surface area contributed by atoms with Gasteiger partial charge in [0.15, 0.2) is 11.5 Å². The topological polar surface area (TPSA) is 89.0 Å². The van der Waals surface area contributed by atoms with Gasteiger partial charge < -0.3 is 20.1 Å². The molecule has 2 amide bonds. The Morgan fingerprint density at radius 1 is 1.05 bits per heavy atom. The summed E-state index contributed by atoms with van der Waals surface area (Å²) in [7, 11) is 1.62. The maximum Gasteiger partial charge on any atom is 0.471 e. The van der Waals surface area contributed by atoms with Gasteiger partial charge in [-0.1, -0.05) is 12.1 Å². The SMILES string of the molecule is COc1cc2c(c3c1OC(C)(C)C3)C(c1cccc(NC(=O)C(C)(C)NC(=O)C(F)(F)F)c1)=NC(C)(C)C2. The zero-order valence-corrected chi connectivity index (χ0v) is 22.5. The third kappa shape index (κ3) is 5.35. The molecular weight excluding hydrogens is 499 g/mol. The summed E-state index contributed by atoms with van der Waals surface area (Å²) in [5.74, 6) is -1.61. The number of ether oxygens (including phenoxy) is 2. The van der Waals surface area contributed by atoms with Gasteiger partial charge in [-0.3, -0.25) is 14.6 Å². The van der Waals surface area contributed by atoms with E-state index in [1.165, 1.54) is 13.8 Å². The van der Waals surface area contributed by atoms with Gasteiger partial charge >= 0.3 is 12.1 Å². The standard InChI is InChI=1S/C28H32F3N3O4/c1-25(2)13-16-12-19(37-7)22-18(14-26(3,4)38-22)20(16)21(33-25)15-9-8-10-17(11-15)32-23(35)27(5,6)34-24(36)28(29,30)31/h8-12H,13-14H2,1-7H3,(H,32,35)(H,34,36). The van der Waals surface area contributed by atoms with Gasteiger partial charge in [0.05, 0.1) is 18.4 Å². The van der Waals surface area contributed by atoms with E-state index in [4.69, 9.17) is 14.5 Å². The fourth-order valence-corrected chi connectivity index (χ4v) is 4.87. The van der Waals surface area contributed by atoms with Gasteiger partial charge in [0.1, 0.15) is 11.1 Å². The van der Waals surface area contributed by atoms with Crippen molar-refractivity contribution in [3.8, 4) is 11.5 Å².